The molecule has 82 valence electrons. The van der Waals surface area contributed by atoms with Gasteiger partial charge < -0.3 is 5.11 Å². The van der Waals surface area contributed by atoms with Crippen LogP contribution in [0.5, 0.6) is 0 Å². The highest BCUT2D eigenvalue weighted by atomic mass is 32.2. The van der Waals surface area contributed by atoms with Gasteiger partial charge in [-0.3, -0.25) is 5.10 Å². The number of aromatic nitrogens is 4. The molecule has 0 radical (unpaired) electrons. The number of carboxylic acid groups (broad SMARTS) is 1. The number of carboxylic acids is 1. The lowest BCUT2D eigenvalue weighted by Crippen LogP contribution is -2.01. The number of aromatic amines is 1. The molecule has 0 saturated heterocycles. The molecule has 0 aliphatic heterocycles. The van der Waals surface area contributed by atoms with Crippen LogP contribution in [0.4, 0.5) is 0 Å². The van der Waals surface area contributed by atoms with E-state index in [1.807, 2.05) is 0 Å². The van der Waals surface area contributed by atoms with Crippen molar-refractivity contribution in [1.82, 2.24) is 20.2 Å². The Bertz CT molecular complexity index is 512. The van der Waals surface area contributed by atoms with E-state index in [4.69, 9.17) is 5.11 Å². The topological polar surface area (TPSA) is 91.8 Å². The number of carbonyl (C=O) groups is 1. The molecule has 0 spiro atoms. The predicted octanol–water partition coefficient (Wildman–Crippen LogP) is 1.36. The van der Waals surface area contributed by atoms with E-state index < -0.39 is 5.97 Å². The zero-order valence-corrected chi connectivity index (χ0v) is 9.15. The van der Waals surface area contributed by atoms with Gasteiger partial charge in [0.05, 0.1) is 11.3 Å². The minimum absolute atomic E-state index is 0.210. The zero-order valence-electron chi connectivity index (χ0n) is 8.34. The molecule has 0 bridgehead atoms. The number of pyridine rings is 1. The second-order valence-electron chi connectivity index (χ2n) is 2.98. The van der Waals surface area contributed by atoms with Gasteiger partial charge in [-0.25, -0.2) is 14.8 Å². The van der Waals surface area contributed by atoms with Gasteiger partial charge in [0, 0.05) is 0 Å². The lowest BCUT2D eigenvalue weighted by Gasteiger charge is -2.02. The Morgan fingerprint density at radius 1 is 1.50 bits per heavy atom. The van der Waals surface area contributed by atoms with Gasteiger partial charge in [0.2, 0.25) is 0 Å². The summed E-state index contributed by atoms with van der Waals surface area (Å²) in [5.41, 5.74) is 0.693. The quantitative estimate of drug-likeness (QED) is 0.835. The number of aryl methyl sites for hydroxylation is 1. The van der Waals surface area contributed by atoms with Crippen LogP contribution >= 0.6 is 11.8 Å². The van der Waals surface area contributed by atoms with E-state index in [2.05, 4.69) is 20.2 Å². The summed E-state index contributed by atoms with van der Waals surface area (Å²) in [5.74, 6) is -0.971. The molecule has 0 unspecified atom stereocenters. The Balaban J connectivity index is 2.24. The molecule has 2 N–H and O–H groups in total. The van der Waals surface area contributed by atoms with E-state index in [1.165, 1.54) is 24.2 Å². The molecule has 2 aromatic rings. The first kappa shape index (κ1) is 10.6. The molecule has 0 aliphatic rings. The van der Waals surface area contributed by atoms with Crippen LogP contribution < -0.4 is 0 Å². The summed E-state index contributed by atoms with van der Waals surface area (Å²) in [6, 6.07) is 3.17. The first-order valence-electron chi connectivity index (χ1n) is 4.41. The molecule has 7 heteroatoms. The number of nitrogens with zero attached hydrogens (tertiary/aromatic N) is 3. The third-order valence-electron chi connectivity index (χ3n) is 1.88. The summed E-state index contributed by atoms with van der Waals surface area (Å²) in [7, 11) is 0. The number of aromatic carboxylic acids is 1. The van der Waals surface area contributed by atoms with Crippen LogP contribution in [0.25, 0.3) is 0 Å². The van der Waals surface area contributed by atoms with Crippen molar-refractivity contribution in [3.63, 3.8) is 0 Å². The number of hydrogen-bond donors (Lipinski definition) is 2. The lowest BCUT2D eigenvalue weighted by atomic mass is 10.2. The molecular formula is C9H8N4O2S. The van der Waals surface area contributed by atoms with Gasteiger partial charge in [0.25, 0.3) is 0 Å². The van der Waals surface area contributed by atoms with Crippen LogP contribution in [0.2, 0.25) is 0 Å². The van der Waals surface area contributed by atoms with Crippen LogP contribution in [0.3, 0.4) is 0 Å². The highest BCUT2D eigenvalue weighted by molar-refractivity contribution is 7.99. The van der Waals surface area contributed by atoms with Crippen molar-refractivity contribution in [2.45, 2.75) is 17.1 Å². The highest BCUT2D eigenvalue weighted by Crippen LogP contribution is 2.22. The largest absolute Gasteiger partial charge is 0.478 e. The molecule has 16 heavy (non-hydrogen) atoms. The average molecular weight is 236 g/mol. The molecule has 0 fully saturated rings. The molecule has 6 nitrogen and oxygen atoms in total. The third kappa shape index (κ3) is 2.19. The summed E-state index contributed by atoms with van der Waals surface area (Å²) in [4.78, 5) is 18.9. The first-order chi connectivity index (χ1) is 7.66. The van der Waals surface area contributed by atoms with Gasteiger partial charge in [-0.05, 0) is 30.8 Å². The second kappa shape index (κ2) is 4.31. The number of nitrogens with one attached hydrogen (secondary N) is 1. The van der Waals surface area contributed by atoms with Gasteiger partial charge in [-0.2, -0.15) is 5.10 Å². The van der Waals surface area contributed by atoms with Gasteiger partial charge >= 0.3 is 5.97 Å². The van der Waals surface area contributed by atoms with E-state index in [1.54, 1.807) is 13.0 Å². The molecule has 0 aromatic carbocycles. The fourth-order valence-electron chi connectivity index (χ4n) is 1.16. The molecule has 2 rings (SSSR count). The van der Waals surface area contributed by atoms with Crippen molar-refractivity contribution in [2.75, 3.05) is 0 Å². The van der Waals surface area contributed by atoms with Crippen LogP contribution in [0.1, 0.15) is 16.1 Å². The van der Waals surface area contributed by atoms with E-state index >= 15 is 0 Å². The lowest BCUT2D eigenvalue weighted by molar-refractivity contribution is 0.0695. The molecule has 2 aromatic heterocycles. The fraction of sp³-hybridized carbons (Fsp3) is 0.111. The second-order valence-corrected chi connectivity index (χ2v) is 3.99. The van der Waals surface area contributed by atoms with Crippen LogP contribution in [0.15, 0.2) is 28.6 Å². The minimum Gasteiger partial charge on any atom is -0.478 e. The average Bonchev–Trinajstić information content (AvgIpc) is 2.70. The van der Waals surface area contributed by atoms with Crippen molar-refractivity contribution in [2.24, 2.45) is 0 Å². The summed E-state index contributed by atoms with van der Waals surface area (Å²) in [6.45, 7) is 1.66. The smallest absolute Gasteiger partial charge is 0.337 e. The zero-order chi connectivity index (χ0) is 11.5. The van der Waals surface area contributed by atoms with Crippen molar-refractivity contribution in [3.05, 3.63) is 29.7 Å². The van der Waals surface area contributed by atoms with Crippen molar-refractivity contribution < 1.29 is 9.90 Å². The molecule has 0 atom stereocenters. The SMILES string of the molecule is Cc1nc(Sc2ncn[nH]2)ccc1C(=O)O. The Morgan fingerprint density at radius 2 is 2.31 bits per heavy atom. The number of H-pyrrole nitrogens is 1. The predicted molar refractivity (Wildman–Crippen MR) is 56.4 cm³/mol. The van der Waals surface area contributed by atoms with E-state index in [9.17, 15) is 4.79 Å². The summed E-state index contributed by atoms with van der Waals surface area (Å²) in [5, 5.41) is 16.5. The van der Waals surface area contributed by atoms with Crippen molar-refractivity contribution in [1.29, 1.82) is 0 Å². The maximum Gasteiger partial charge on any atom is 0.337 e. The Hall–Kier alpha value is -1.89. The Morgan fingerprint density at radius 3 is 2.88 bits per heavy atom. The summed E-state index contributed by atoms with van der Waals surface area (Å²) >= 11 is 1.30. The summed E-state index contributed by atoms with van der Waals surface area (Å²) < 4.78 is 0. The maximum atomic E-state index is 10.8. The van der Waals surface area contributed by atoms with E-state index in [0.717, 1.165) is 0 Å². The maximum absolute atomic E-state index is 10.8. The molecular weight excluding hydrogens is 228 g/mol. The summed E-state index contributed by atoms with van der Waals surface area (Å²) in [6.07, 6.45) is 1.40. The Labute approximate surface area is 95.1 Å². The standard InChI is InChI=1S/C9H8N4O2S/c1-5-6(8(14)15)2-3-7(12-5)16-9-10-4-11-13-9/h2-4H,1H3,(H,14,15)(H,10,11,13). The molecule has 0 amide bonds. The van der Waals surface area contributed by atoms with Crippen molar-refractivity contribution >= 4 is 17.7 Å². The van der Waals surface area contributed by atoms with Crippen LogP contribution in [-0.2, 0) is 0 Å². The Kier molecular flexibility index (Phi) is 2.86. The minimum atomic E-state index is -0.971. The monoisotopic (exact) mass is 236 g/mol. The molecule has 0 saturated carbocycles. The van der Waals surface area contributed by atoms with Gasteiger partial charge in [0.15, 0.2) is 5.16 Å². The fourth-order valence-corrected chi connectivity index (χ4v) is 1.88. The first-order valence-corrected chi connectivity index (χ1v) is 5.22. The number of hydrogen-bond acceptors (Lipinski definition) is 5. The van der Waals surface area contributed by atoms with E-state index in [-0.39, 0.29) is 5.56 Å². The normalized spacial score (nSPS) is 10.3. The van der Waals surface area contributed by atoms with Crippen molar-refractivity contribution in [3.8, 4) is 0 Å². The van der Waals surface area contributed by atoms with Gasteiger partial charge in [0.1, 0.15) is 11.4 Å². The highest BCUT2D eigenvalue weighted by Gasteiger charge is 2.09. The number of rotatable bonds is 3. The van der Waals surface area contributed by atoms with Gasteiger partial charge in [-0.1, -0.05) is 0 Å². The van der Waals surface area contributed by atoms with Crippen LogP contribution in [0, 0.1) is 6.92 Å². The third-order valence-corrected chi connectivity index (χ3v) is 2.71. The molecule has 0 aliphatic carbocycles. The van der Waals surface area contributed by atoms with Gasteiger partial charge in [-0.15, -0.1) is 0 Å². The van der Waals surface area contributed by atoms with E-state index in [0.29, 0.717) is 15.9 Å². The van der Waals surface area contributed by atoms with Crippen LogP contribution in [-0.4, -0.2) is 31.2 Å². The molecule has 2 heterocycles.